The molecule has 0 aromatic carbocycles. The molecule has 0 fully saturated rings. The maximum Gasteiger partial charge on any atom is 0 e. The predicted octanol–water partition coefficient (Wildman–Crippen LogP) is 3.74. The van der Waals surface area contributed by atoms with E-state index in [0.29, 0.717) is 0 Å². The first-order valence-corrected chi connectivity index (χ1v) is 2.96. The van der Waals surface area contributed by atoms with E-state index >= 15 is 0 Å². The molecule has 0 saturated heterocycles. The van der Waals surface area contributed by atoms with Gasteiger partial charge in [0.15, 0.2) is 0 Å². The van der Waals surface area contributed by atoms with Gasteiger partial charge in [0, 0.05) is 26.2 Å². The molecule has 0 aromatic rings. The Hall–Kier alpha value is 1.23. The summed E-state index contributed by atoms with van der Waals surface area (Å²) < 4.78 is 0. The zero-order valence-corrected chi connectivity index (χ0v) is 12.3. The molecule has 0 aromatic heterocycles. The summed E-state index contributed by atoms with van der Waals surface area (Å²) in [5.74, 6) is 0. The van der Waals surface area contributed by atoms with Crippen LogP contribution in [0.1, 0.15) is 27.2 Å². The largest absolute Gasteiger partial charge is 0.269 e. The molecule has 0 heterocycles. The van der Waals surface area contributed by atoms with Gasteiger partial charge in [-0.3, -0.25) is 6.08 Å². The van der Waals surface area contributed by atoms with Crippen LogP contribution in [-0.4, -0.2) is 0 Å². The third kappa shape index (κ3) is 5.81. The minimum Gasteiger partial charge on any atom is -0.269 e. The first-order valence-electron chi connectivity index (χ1n) is 2.96. The van der Waals surface area contributed by atoms with Gasteiger partial charge in [-0.25, -0.2) is 5.57 Å². The molecule has 1 rings (SSSR count). The number of rotatable bonds is 0. The van der Waals surface area contributed by atoms with Crippen LogP contribution in [0.4, 0.5) is 0 Å². The summed E-state index contributed by atoms with van der Waals surface area (Å²) in [5, 5.41) is 0. The predicted molar refractivity (Wildman–Crippen MR) is 57.2 cm³/mol. The second-order valence-electron chi connectivity index (χ2n) is 2.38. The van der Waals surface area contributed by atoms with E-state index in [-0.39, 0.29) is 63.4 Å². The van der Waals surface area contributed by atoms with Crippen molar-refractivity contribution < 1.29 is 26.2 Å². The molecule has 0 spiro atoms. The summed E-state index contributed by atoms with van der Waals surface area (Å²) in [7, 11) is 0. The van der Waals surface area contributed by atoms with E-state index in [1.54, 1.807) is 0 Å². The summed E-state index contributed by atoms with van der Waals surface area (Å²) in [6, 6.07) is 0. The standard InChI is InChI=1S/C8H11.3ClH.Zr/c1-6-4-5-7(2)8(6)3;;;;/h4H2,1-3H3;3*1H;/q-1;;;;. The van der Waals surface area contributed by atoms with Crippen LogP contribution in [0.2, 0.25) is 0 Å². The third-order valence-electron chi connectivity index (χ3n) is 1.82. The van der Waals surface area contributed by atoms with Crippen LogP contribution in [0.3, 0.4) is 0 Å². The van der Waals surface area contributed by atoms with Crippen molar-refractivity contribution in [2.24, 2.45) is 0 Å². The molecule has 0 atom stereocenters. The Morgan fingerprint density at radius 2 is 1.42 bits per heavy atom. The quantitative estimate of drug-likeness (QED) is 0.598. The zero-order chi connectivity index (χ0) is 6.15. The molecule has 0 saturated carbocycles. The monoisotopic (exact) mass is 305 g/mol. The van der Waals surface area contributed by atoms with Crippen molar-refractivity contribution in [3.05, 3.63) is 22.8 Å². The second-order valence-corrected chi connectivity index (χ2v) is 2.38. The molecule has 0 bridgehead atoms. The summed E-state index contributed by atoms with van der Waals surface area (Å²) in [4.78, 5) is 0. The van der Waals surface area contributed by atoms with Crippen LogP contribution in [0.5, 0.6) is 0 Å². The SMILES string of the molecule is CC1=[C-]CC(C)=C1C.Cl.Cl.Cl.[Zr]. The van der Waals surface area contributed by atoms with E-state index in [1.807, 2.05) is 0 Å². The van der Waals surface area contributed by atoms with Gasteiger partial charge in [0.05, 0.1) is 0 Å². The smallest absolute Gasteiger partial charge is 0 e. The summed E-state index contributed by atoms with van der Waals surface area (Å²) in [6.45, 7) is 6.44. The number of hydrogen-bond acceptors (Lipinski definition) is 0. The van der Waals surface area contributed by atoms with Crippen molar-refractivity contribution in [1.82, 2.24) is 0 Å². The Bertz CT molecular complexity index is 168. The van der Waals surface area contributed by atoms with Crippen molar-refractivity contribution in [2.75, 3.05) is 0 Å². The molecule has 0 radical (unpaired) electrons. The molecule has 1 aliphatic carbocycles. The van der Waals surface area contributed by atoms with Gasteiger partial charge in [-0.05, 0) is 0 Å². The third-order valence-corrected chi connectivity index (χ3v) is 1.82. The molecule has 4 heteroatoms. The van der Waals surface area contributed by atoms with E-state index in [0.717, 1.165) is 6.42 Å². The molecule has 0 aliphatic heterocycles. The Morgan fingerprint density at radius 3 is 1.50 bits per heavy atom. The molecular weight excluding hydrogens is 294 g/mol. The first-order chi connectivity index (χ1) is 3.72. The maximum absolute atomic E-state index is 3.26. The molecule has 12 heavy (non-hydrogen) atoms. The van der Waals surface area contributed by atoms with Crippen LogP contribution >= 0.6 is 37.2 Å². The van der Waals surface area contributed by atoms with Crippen molar-refractivity contribution in [3.63, 3.8) is 0 Å². The van der Waals surface area contributed by atoms with Crippen LogP contribution in [-0.2, 0) is 26.2 Å². The van der Waals surface area contributed by atoms with E-state index < -0.39 is 0 Å². The van der Waals surface area contributed by atoms with Crippen LogP contribution in [0.15, 0.2) is 16.7 Å². The Balaban J connectivity index is -0.0000000800. The van der Waals surface area contributed by atoms with Crippen LogP contribution in [0.25, 0.3) is 0 Å². The second kappa shape index (κ2) is 10.3. The fourth-order valence-electron chi connectivity index (χ4n) is 0.850. The van der Waals surface area contributed by atoms with Gasteiger partial charge in [-0.1, -0.05) is 13.8 Å². The minimum absolute atomic E-state index is 0. The normalized spacial score (nSPS) is 13.1. The van der Waals surface area contributed by atoms with Gasteiger partial charge in [-0.15, -0.1) is 50.6 Å². The van der Waals surface area contributed by atoms with Gasteiger partial charge in [0.1, 0.15) is 0 Å². The van der Waals surface area contributed by atoms with Crippen LogP contribution in [0, 0.1) is 6.08 Å². The first kappa shape index (κ1) is 23.2. The Morgan fingerprint density at radius 1 is 1.00 bits per heavy atom. The van der Waals surface area contributed by atoms with Gasteiger partial charge >= 0.3 is 0 Å². The molecule has 0 N–H and O–H groups in total. The Kier molecular flexibility index (Phi) is 20.0. The number of allylic oxidation sites excluding steroid dienone is 4. The van der Waals surface area contributed by atoms with Gasteiger partial charge in [-0.2, -0.15) is 11.1 Å². The van der Waals surface area contributed by atoms with E-state index in [1.165, 1.54) is 16.7 Å². The molecule has 1 aliphatic rings. The fourth-order valence-corrected chi connectivity index (χ4v) is 0.850. The van der Waals surface area contributed by atoms with Crippen LogP contribution < -0.4 is 0 Å². The summed E-state index contributed by atoms with van der Waals surface area (Å²) >= 11 is 0. The molecule has 0 nitrogen and oxygen atoms in total. The zero-order valence-electron chi connectivity index (χ0n) is 7.43. The number of halogens is 3. The molecular formula is C8H14Cl3Zr-. The minimum atomic E-state index is 0. The summed E-state index contributed by atoms with van der Waals surface area (Å²) in [6.07, 6.45) is 4.31. The van der Waals surface area contributed by atoms with Gasteiger partial charge in [0.25, 0.3) is 0 Å². The average molecular weight is 308 g/mol. The van der Waals surface area contributed by atoms with Crippen molar-refractivity contribution in [2.45, 2.75) is 27.2 Å². The summed E-state index contributed by atoms with van der Waals surface area (Å²) in [5.41, 5.74) is 4.25. The molecule has 0 unspecified atom stereocenters. The fraction of sp³-hybridized carbons (Fsp3) is 0.500. The Labute approximate surface area is 113 Å². The molecule has 72 valence electrons. The van der Waals surface area contributed by atoms with Crippen molar-refractivity contribution in [1.29, 1.82) is 0 Å². The van der Waals surface area contributed by atoms with Crippen molar-refractivity contribution in [3.8, 4) is 0 Å². The van der Waals surface area contributed by atoms with Gasteiger partial charge in [0.2, 0.25) is 0 Å². The molecule has 0 amide bonds. The number of hydrogen-bond donors (Lipinski definition) is 0. The van der Waals surface area contributed by atoms with Gasteiger partial charge < -0.3 is 0 Å². The topological polar surface area (TPSA) is 0 Å². The van der Waals surface area contributed by atoms with E-state index in [4.69, 9.17) is 0 Å². The average Bonchev–Trinajstić information content (AvgIpc) is 1.98. The van der Waals surface area contributed by atoms with E-state index in [2.05, 4.69) is 26.8 Å². The maximum atomic E-state index is 3.26. The van der Waals surface area contributed by atoms with Crippen molar-refractivity contribution >= 4 is 37.2 Å². The van der Waals surface area contributed by atoms with E-state index in [9.17, 15) is 0 Å².